The molecule has 0 unspecified atom stereocenters. The minimum atomic E-state index is -0.597. The Morgan fingerprint density at radius 1 is 0.933 bits per heavy atom. The SMILES string of the molecule is CC(=O)Nc1ccc(CC(=O)OCC(=O)N(C)CC(=O)Nc2ccc(F)cc2)cc1. The molecule has 30 heavy (non-hydrogen) atoms. The van der Waals surface area contributed by atoms with E-state index in [-0.39, 0.29) is 18.9 Å². The van der Waals surface area contributed by atoms with Crippen LogP contribution >= 0.6 is 0 Å². The van der Waals surface area contributed by atoms with E-state index in [2.05, 4.69) is 10.6 Å². The normalized spacial score (nSPS) is 10.1. The number of nitrogens with zero attached hydrogens (tertiary/aromatic N) is 1. The van der Waals surface area contributed by atoms with Gasteiger partial charge >= 0.3 is 5.97 Å². The van der Waals surface area contributed by atoms with Gasteiger partial charge < -0.3 is 20.3 Å². The van der Waals surface area contributed by atoms with Crippen molar-refractivity contribution in [3.8, 4) is 0 Å². The molecule has 2 rings (SSSR count). The predicted molar refractivity (Wildman–Crippen MR) is 108 cm³/mol. The summed E-state index contributed by atoms with van der Waals surface area (Å²) in [5.74, 6) is -2.23. The lowest BCUT2D eigenvalue weighted by Crippen LogP contribution is -2.37. The summed E-state index contributed by atoms with van der Waals surface area (Å²) in [6.45, 7) is 0.646. The number of nitrogens with one attached hydrogen (secondary N) is 2. The lowest BCUT2D eigenvalue weighted by Gasteiger charge is -2.16. The van der Waals surface area contributed by atoms with E-state index in [1.165, 1.54) is 38.2 Å². The standard InChI is InChI=1S/C21H22FN3O5/c1-14(26)23-17-7-3-15(4-8-17)11-21(29)30-13-20(28)25(2)12-19(27)24-18-9-5-16(22)6-10-18/h3-10H,11-13H2,1-2H3,(H,23,26)(H,24,27). The highest BCUT2D eigenvalue weighted by Gasteiger charge is 2.15. The number of hydrogen-bond acceptors (Lipinski definition) is 5. The van der Waals surface area contributed by atoms with Crippen molar-refractivity contribution in [3.63, 3.8) is 0 Å². The lowest BCUT2D eigenvalue weighted by molar-refractivity contribution is -0.151. The Hall–Kier alpha value is -3.75. The summed E-state index contributed by atoms with van der Waals surface area (Å²) in [5.41, 5.74) is 1.67. The van der Waals surface area contributed by atoms with Gasteiger partial charge in [0.05, 0.1) is 13.0 Å². The van der Waals surface area contributed by atoms with E-state index in [1.54, 1.807) is 24.3 Å². The zero-order valence-corrected chi connectivity index (χ0v) is 16.6. The third-order valence-electron chi connectivity index (χ3n) is 3.91. The number of likely N-dealkylation sites (N-methyl/N-ethyl adjacent to an activating group) is 1. The maximum Gasteiger partial charge on any atom is 0.310 e. The summed E-state index contributed by atoms with van der Waals surface area (Å²) < 4.78 is 17.8. The van der Waals surface area contributed by atoms with E-state index in [0.717, 1.165) is 4.90 Å². The largest absolute Gasteiger partial charge is 0.455 e. The Balaban J connectivity index is 1.74. The fourth-order valence-corrected chi connectivity index (χ4v) is 2.42. The molecule has 0 heterocycles. The fourth-order valence-electron chi connectivity index (χ4n) is 2.42. The summed E-state index contributed by atoms with van der Waals surface area (Å²) >= 11 is 0. The molecule has 2 aromatic carbocycles. The number of hydrogen-bond donors (Lipinski definition) is 2. The molecule has 3 amide bonds. The first-order chi connectivity index (χ1) is 14.2. The van der Waals surface area contributed by atoms with Crippen LogP contribution in [0.1, 0.15) is 12.5 Å². The number of ether oxygens (including phenoxy) is 1. The van der Waals surface area contributed by atoms with Gasteiger partial charge in [0.25, 0.3) is 5.91 Å². The van der Waals surface area contributed by atoms with Gasteiger partial charge in [-0.15, -0.1) is 0 Å². The van der Waals surface area contributed by atoms with Crippen molar-refractivity contribution in [1.29, 1.82) is 0 Å². The van der Waals surface area contributed by atoms with Gasteiger partial charge in [0.1, 0.15) is 5.82 Å². The second-order valence-corrected chi connectivity index (χ2v) is 6.52. The molecule has 0 aliphatic rings. The van der Waals surface area contributed by atoms with Gasteiger partial charge in [-0.1, -0.05) is 12.1 Å². The highest BCUT2D eigenvalue weighted by atomic mass is 19.1. The molecule has 0 atom stereocenters. The van der Waals surface area contributed by atoms with Crippen molar-refractivity contribution in [2.45, 2.75) is 13.3 Å². The monoisotopic (exact) mass is 415 g/mol. The van der Waals surface area contributed by atoms with E-state index >= 15 is 0 Å². The molecule has 0 aliphatic carbocycles. The van der Waals surface area contributed by atoms with Crippen LogP contribution in [0.2, 0.25) is 0 Å². The first-order valence-electron chi connectivity index (χ1n) is 9.04. The van der Waals surface area contributed by atoms with Crippen LogP contribution in [0.25, 0.3) is 0 Å². The third-order valence-corrected chi connectivity index (χ3v) is 3.91. The Morgan fingerprint density at radius 3 is 2.10 bits per heavy atom. The molecule has 158 valence electrons. The second kappa shape index (κ2) is 10.7. The van der Waals surface area contributed by atoms with Crippen LogP contribution in [0.5, 0.6) is 0 Å². The number of carbonyl (C=O) groups is 4. The average Bonchev–Trinajstić information content (AvgIpc) is 2.69. The maximum absolute atomic E-state index is 12.9. The Kier molecular flexibility index (Phi) is 8.04. The fraction of sp³-hybridized carbons (Fsp3) is 0.238. The average molecular weight is 415 g/mol. The van der Waals surface area contributed by atoms with Crippen LogP contribution in [-0.4, -0.2) is 48.8 Å². The second-order valence-electron chi connectivity index (χ2n) is 6.52. The van der Waals surface area contributed by atoms with Crippen molar-refractivity contribution in [3.05, 3.63) is 59.9 Å². The van der Waals surface area contributed by atoms with Gasteiger partial charge in [0.2, 0.25) is 11.8 Å². The van der Waals surface area contributed by atoms with E-state index < -0.39 is 30.2 Å². The van der Waals surface area contributed by atoms with Crippen molar-refractivity contribution in [2.75, 3.05) is 30.8 Å². The smallest absolute Gasteiger partial charge is 0.310 e. The number of esters is 1. The summed E-state index contributed by atoms with van der Waals surface area (Å²) in [4.78, 5) is 48.0. The minimum absolute atomic E-state index is 0.0393. The molecular weight excluding hydrogens is 393 g/mol. The summed E-state index contributed by atoms with van der Waals surface area (Å²) in [6.07, 6.45) is -0.0393. The van der Waals surface area contributed by atoms with Gasteiger partial charge in [0.15, 0.2) is 6.61 Å². The van der Waals surface area contributed by atoms with Gasteiger partial charge in [-0.25, -0.2) is 4.39 Å². The number of anilines is 2. The predicted octanol–water partition coefficient (Wildman–Crippen LogP) is 1.97. The molecule has 0 saturated carbocycles. The summed E-state index contributed by atoms with van der Waals surface area (Å²) in [6, 6.07) is 11.9. The van der Waals surface area contributed by atoms with Crippen LogP contribution in [-0.2, 0) is 30.3 Å². The number of amides is 3. The summed E-state index contributed by atoms with van der Waals surface area (Å²) in [7, 11) is 1.40. The molecule has 8 nitrogen and oxygen atoms in total. The zero-order chi connectivity index (χ0) is 22.1. The molecule has 0 aromatic heterocycles. The maximum atomic E-state index is 12.9. The van der Waals surface area contributed by atoms with Crippen LogP contribution in [0, 0.1) is 5.82 Å². The molecule has 0 spiro atoms. The van der Waals surface area contributed by atoms with Gasteiger partial charge in [-0.2, -0.15) is 0 Å². The van der Waals surface area contributed by atoms with Crippen molar-refractivity contribution in [1.82, 2.24) is 4.90 Å². The Morgan fingerprint density at radius 2 is 1.50 bits per heavy atom. The first-order valence-corrected chi connectivity index (χ1v) is 9.04. The molecule has 0 aliphatic heterocycles. The van der Waals surface area contributed by atoms with Crippen LogP contribution in [0.15, 0.2) is 48.5 Å². The zero-order valence-electron chi connectivity index (χ0n) is 16.6. The highest BCUT2D eigenvalue weighted by Crippen LogP contribution is 2.11. The molecule has 0 fully saturated rings. The van der Waals surface area contributed by atoms with Crippen molar-refractivity contribution < 1.29 is 28.3 Å². The molecule has 0 radical (unpaired) electrons. The number of halogens is 1. The van der Waals surface area contributed by atoms with E-state index in [1.807, 2.05) is 0 Å². The first kappa shape index (κ1) is 22.5. The molecule has 0 saturated heterocycles. The van der Waals surface area contributed by atoms with Crippen LogP contribution in [0.4, 0.5) is 15.8 Å². The Bertz CT molecular complexity index is 913. The molecule has 9 heteroatoms. The Labute approximate surface area is 173 Å². The van der Waals surface area contributed by atoms with Gasteiger partial charge in [0, 0.05) is 25.3 Å². The van der Waals surface area contributed by atoms with Crippen LogP contribution < -0.4 is 10.6 Å². The molecule has 0 bridgehead atoms. The van der Waals surface area contributed by atoms with E-state index in [0.29, 0.717) is 16.9 Å². The quantitative estimate of drug-likeness (QED) is 0.642. The van der Waals surface area contributed by atoms with Gasteiger partial charge in [-0.3, -0.25) is 19.2 Å². The number of carbonyl (C=O) groups excluding carboxylic acids is 4. The minimum Gasteiger partial charge on any atom is -0.455 e. The topological polar surface area (TPSA) is 105 Å². The van der Waals surface area contributed by atoms with E-state index in [9.17, 15) is 23.6 Å². The van der Waals surface area contributed by atoms with E-state index in [4.69, 9.17) is 4.74 Å². The number of benzene rings is 2. The lowest BCUT2D eigenvalue weighted by atomic mass is 10.1. The molecule has 2 N–H and O–H groups in total. The summed E-state index contributed by atoms with van der Waals surface area (Å²) in [5, 5.41) is 5.15. The highest BCUT2D eigenvalue weighted by molar-refractivity contribution is 5.94. The van der Waals surface area contributed by atoms with Crippen LogP contribution in [0.3, 0.4) is 0 Å². The van der Waals surface area contributed by atoms with Crippen molar-refractivity contribution >= 4 is 35.1 Å². The molecular formula is C21H22FN3O5. The third kappa shape index (κ3) is 7.70. The number of rotatable bonds is 8. The molecule has 2 aromatic rings. The van der Waals surface area contributed by atoms with Gasteiger partial charge in [-0.05, 0) is 42.0 Å². The van der Waals surface area contributed by atoms with Crippen molar-refractivity contribution in [2.24, 2.45) is 0 Å².